The van der Waals surface area contributed by atoms with Crippen LogP contribution in [-0.4, -0.2) is 40.0 Å². The molecule has 0 bridgehead atoms. The van der Waals surface area contributed by atoms with Crippen LogP contribution in [0.4, 0.5) is 0 Å². The Morgan fingerprint density at radius 3 is 2.67 bits per heavy atom. The van der Waals surface area contributed by atoms with Crippen LogP contribution in [0.5, 0.6) is 0 Å². The largest absolute Gasteiger partial charge is 0.350 e. The molecule has 6 heteroatoms. The van der Waals surface area contributed by atoms with Crippen LogP contribution in [0.1, 0.15) is 39.7 Å². The summed E-state index contributed by atoms with van der Waals surface area (Å²) < 4.78 is 1.94. The van der Waals surface area contributed by atoms with E-state index in [-0.39, 0.29) is 5.91 Å². The summed E-state index contributed by atoms with van der Waals surface area (Å²) in [5.74, 6) is 0.606. The fourth-order valence-corrected chi connectivity index (χ4v) is 3.83. The molecule has 0 aromatic carbocycles. The topological polar surface area (TPSA) is 50.2 Å². The van der Waals surface area contributed by atoms with Crippen molar-refractivity contribution in [3.8, 4) is 0 Å². The Hall–Kier alpha value is -1.66. The minimum Gasteiger partial charge on any atom is -0.350 e. The highest BCUT2D eigenvalue weighted by molar-refractivity contribution is 7.09. The summed E-state index contributed by atoms with van der Waals surface area (Å²) in [5, 5.41) is 6.40. The Balaban J connectivity index is 1.42. The van der Waals surface area contributed by atoms with E-state index in [9.17, 15) is 4.79 Å². The van der Waals surface area contributed by atoms with Crippen LogP contribution < -0.4 is 5.32 Å². The van der Waals surface area contributed by atoms with Crippen molar-refractivity contribution in [2.45, 2.75) is 33.2 Å². The lowest BCUT2D eigenvalue weighted by molar-refractivity contribution is 0.0927. The van der Waals surface area contributed by atoms with Gasteiger partial charge in [-0.15, -0.1) is 11.3 Å². The monoisotopic (exact) mass is 346 g/mol. The summed E-state index contributed by atoms with van der Waals surface area (Å²) >= 11 is 1.72. The van der Waals surface area contributed by atoms with Gasteiger partial charge in [-0.3, -0.25) is 9.69 Å². The molecule has 3 heterocycles. The van der Waals surface area contributed by atoms with Gasteiger partial charge in [-0.2, -0.15) is 0 Å². The molecule has 0 atom stereocenters. The summed E-state index contributed by atoms with van der Waals surface area (Å²) in [5.41, 5.74) is 3.03. The van der Waals surface area contributed by atoms with E-state index < -0.39 is 0 Å². The van der Waals surface area contributed by atoms with Gasteiger partial charge in [0.05, 0.1) is 10.7 Å². The van der Waals surface area contributed by atoms with Crippen LogP contribution >= 0.6 is 11.3 Å². The van der Waals surface area contributed by atoms with E-state index in [1.54, 1.807) is 11.3 Å². The minimum absolute atomic E-state index is 0.0333. The zero-order valence-electron chi connectivity index (χ0n) is 14.7. The second kappa shape index (κ2) is 7.49. The third kappa shape index (κ3) is 4.05. The van der Waals surface area contributed by atoms with Crippen molar-refractivity contribution < 1.29 is 4.79 Å². The van der Waals surface area contributed by atoms with Gasteiger partial charge in [0.15, 0.2) is 0 Å². The van der Waals surface area contributed by atoms with Gasteiger partial charge in [-0.25, -0.2) is 4.98 Å². The molecule has 1 fully saturated rings. The smallest absolute Gasteiger partial charge is 0.267 e. The molecule has 0 radical (unpaired) electrons. The van der Waals surface area contributed by atoms with Crippen molar-refractivity contribution in [2.75, 3.05) is 19.6 Å². The molecule has 2 aromatic rings. The molecular weight excluding hydrogens is 320 g/mol. The Kier molecular flexibility index (Phi) is 5.36. The first-order valence-electron chi connectivity index (χ1n) is 8.57. The van der Waals surface area contributed by atoms with Crippen molar-refractivity contribution in [3.05, 3.63) is 39.6 Å². The normalized spacial score (nSPS) is 16.5. The van der Waals surface area contributed by atoms with E-state index in [1.165, 1.54) is 5.69 Å². The van der Waals surface area contributed by atoms with E-state index in [1.807, 2.05) is 30.7 Å². The standard InChI is InChI=1S/C18H26N4OS/c1-13-4-5-17(21(13)3)18(23)19-10-15-6-8-22(9-7-15)11-16-12-24-14(2)20-16/h4-5,12,15H,6-11H2,1-3H3,(H,19,23). The van der Waals surface area contributed by atoms with Crippen molar-refractivity contribution >= 4 is 17.2 Å². The zero-order chi connectivity index (χ0) is 17.1. The number of amides is 1. The van der Waals surface area contributed by atoms with Gasteiger partial charge < -0.3 is 9.88 Å². The summed E-state index contributed by atoms with van der Waals surface area (Å²) in [4.78, 5) is 19.3. The van der Waals surface area contributed by atoms with Crippen LogP contribution in [0.2, 0.25) is 0 Å². The summed E-state index contributed by atoms with van der Waals surface area (Å²) in [6.45, 7) is 7.95. The second-order valence-electron chi connectivity index (χ2n) is 6.71. The van der Waals surface area contributed by atoms with Crippen LogP contribution in [0.3, 0.4) is 0 Å². The molecule has 130 valence electrons. The first-order valence-corrected chi connectivity index (χ1v) is 9.45. The van der Waals surface area contributed by atoms with Gasteiger partial charge in [0.1, 0.15) is 5.69 Å². The van der Waals surface area contributed by atoms with Crippen LogP contribution in [0, 0.1) is 19.8 Å². The van der Waals surface area contributed by atoms with Crippen molar-refractivity contribution in [2.24, 2.45) is 13.0 Å². The van der Waals surface area contributed by atoms with Gasteiger partial charge in [0.2, 0.25) is 0 Å². The number of thiazole rings is 1. The summed E-state index contributed by atoms with van der Waals surface area (Å²) in [6.07, 6.45) is 2.27. The number of hydrogen-bond acceptors (Lipinski definition) is 4. The molecule has 24 heavy (non-hydrogen) atoms. The number of aromatic nitrogens is 2. The molecule has 1 saturated heterocycles. The molecule has 3 rings (SSSR count). The molecule has 5 nitrogen and oxygen atoms in total. The summed E-state index contributed by atoms with van der Waals surface area (Å²) in [6, 6.07) is 3.87. The first kappa shape index (κ1) is 17.2. The van der Waals surface area contributed by atoms with E-state index in [4.69, 9.17) is 0 Å². The van der Waals surface area contributed by atoms with Crippen molar-refractivity contribution in [1.82, 2.24) is 19.8 Å². The zero-order valence-corrected chi connectivity index (χ0v) is 15.5. The maximum Gasteiger partial charge on any atom is 0.267 e. The molecule has 0 aliphatic carbocycles. The highest BCUT2D eigenvalue weighted by Crippen LogP contribution is 2.19. The molecule has 0 unspecified atom stereocenters. The van der Waals surface area contributed by atoms with Gasteiger partial charge in [0, 0.05) is 31.2 Å². The Morgan fingerprint density at radius 1 is 1.33 bits per heavy atom. The number of carbonyl (C=O) groups is 1. The number of aryl methyl sites for hydroxylation is 2. The number of piperidine rings is 1. The maximum atomic E-state index is 12.3. The lowest BCUT2D eigenvalue weighted by Gasteiger charge is -2.31. The minimum atomic E-state index is 0.0333. The number of hydrogen-bond donors (Lipinski definition) is 1. The van der Waals surface area contributed by atoms with Gasteiger partial charge in [-0.05, 0) is 57.8 Å². The lowest BCUT2D eigenvalue weighted by Crippen LogP contribution is -2.38. The van der Waals surface area contributed by atoms with E-state index in [0.717, 1.165) is 55.4 Å². The second-order valence-corrected chi connectivity index (χ2v) is 7.77. The third-order valence-corrected chi connectivity index (χ3v) is 5.74. The summed E-state index contributed by atoms with van der Waals surface area (Å²) in [7, 11) is 1.93. The molecule has 0 saturated carbocycles. The first-order chi connectivity index (χ1) is 11.5. The fraction of sp³-hybridized carbons (Fsp3) is 0.556. The van der Waals surface area contributed by atoms with E-state index >= 15 is 0 Å². The number of rotatable bonds is 5. The van der Waals surface area contributed by atoms with Gasteiger partial charge in [0.25, 0.3) is 5.91 Å². The third-order valence-electron chi connectivity index (χ3n) is 4.92. The van der Waals surface area contributed by atoms with E-state index in [2.05, 4.69) is 27.5 Å². The Labute approximate surface area is 147 Å². The Bertz CT molecular complexity index is 698. The molecule has 1 aliphatic heterocycles. The fourth-order valence-electron chi connectivity index (χ4n) is 3.23. The predicted octanol–water partition coefficient (Wildman–Crippen LogP) is 2.74. The van der Waals surface area contributed by atoms with Crippen LogP contribution in [0.15, 0.2) is 17.5 Å². The molecule has 0 spiro atoms. The van der Waals surface area contributed by atoms with Crippen molar-refractivity contribution in [3.63, 3.8) is 0 Å². The van der Waals surface area contributed by atoms with Crippen LogP contribution in [0.25, 0.3) is 0 Å². The number of likely N-dealkylation sites (tertiary alicyclic amines) is 1. The number of carbonyl (C=O) groups excluding carboxylic acids is 1. The molecule has 1 amide bonds. The highest BCUT2D eigenvalue weighted by Gasteiger charge is 2.21. The van der Waals surface area contributed by atoms with Gasteiger partial charge >= 0.3 is 0 Å². The quantitative estimate of drug-likeness (QED) is 0.906. The average molecular weight is 347 g/mol. The number of nitrogens with one attached hydrogen (secondary N) is 1. The SMILES string of the molecule is Cc1nc(CN2CCC(CNC(=O)c3ccc(C)n3C)CC2)cs1. The molecule has 2 aromatic heterocycles. The lowest BCUT2D eigenvalue weighted by atomic mass is 9.96. The van der Waals surface area contributed by atoms with Gasteiger partial charge in [-0.1, -0.05) is 0 Å². The maximum absolute atomic E-state index is 12.3. The molecule has 1 N–H and O–H groups in total. The molecular formula is C18H26N4OS. The Morgan fingerprint density at radius 2 is 2.08 bits per heavy atom. The predicted molar refractivity (Wildman–Crippen MR) is 97.3 cm³/mol. The number of nitrogens with zero attached hydrogens (tertiary/aromatic N) is 3. The van der Waals surface area contributed by atoms with Crippen molar-refractivity contribution in [1.29, 1.82) is 0 Å². The van der Waals surface area contributed by atoms with Crippen LogP contribution in [-0.2, 0) is 13.6 Å². The highest BCUT2D eigenvalue weighted by atomic mass is 32.1. The van der Waals surface area contributed by atoms with E-state index in [0.29, 0.717) is 5.92 Å². The average Bonchev–Trinajstić information content (AvgIpc) is 3.13. The molecule has 1 aliphatic rings.